The van der Waals surface area contributed by atoms with Crippen molar-refractivity contribution in [1.29, 1.82) is 0 Å². The molecular formula is C16H15BrClNO2. The average molecular weight is 369 g/mol. The molecule has 2 aromatic carbocycles. The fraction of sp³-hybridized carbons (Fsp3) is 0.250. The van der Waals surface area contributed by atoms with Crippen molar-refractivity contribution in [2.45, 2.75) is 26.2 Å². The van der Waals surface area contributed by atoms with Gasteiger partial charge in [0.05, 0.1) is 5.02 Å². The highest BCUT2D eigenvalue weighted by Gasteiger charge is 2.31. The van der Waals surface area contributed by atoms with Crippen LogP contribution in [0.1, 0.15) is 19.4 Å². The lowest BCUT2D eigenvalue weighted by atomic mass is 10.2. The van der Waals surface area contributed by atoms with Crippen LogP contribution in [0, 0.1) is 0 Å². The van der Waals surface area contributed by atoms with Crippen LogP contribution in [0.4, 0.5) is 5.69 Å². The van der Waals surface area contributed by atoms with E-state index in [4.69, 9.17) is 21.1 Å². The van der Waals surface area contributed by atoms with Gasteiger partial charge in [-0.15, -0.1) is 0 Å². The van der Waals surface area contributed by atoms with Crippen molar-refractivity contribution in [1.82, 2.24) is 0 Å². The van der Waals surface area contributed by atoms with Crippen molar-refractivity contribution in [2.75, 3.05) is 5.32 Å². The molecule has 21 heavy (non-hydrogen) atoms. The number of hydrogen-bond acceptors (Lipinski definition) is 3. The smallest absolute Gasteiger partial charge is 0.246 e. The van der Waals surface area contributed by atoms with Crippen LogP contribution >= 0.6 is 27.5 Å². The monoisotopic (exact) mass is 367 g/mol. The summed E-state index contributed by atoms with van der Waals surface area (Å²) in [4.78, 5) is 0. The predicted octanol–water partition coefficient (Wildman–Crippen LogP) is 5.22. The molecule has 3 rings (SSSR count). The fourth-order valence-electron chi connectivity index (χ4n) is 2.19. The summed E-state index contributed by atoms with van der Waals surface area (Å²) in [6.07, 6.45) is 0. The molecule has 0 aromatic heterocycles. The van der Waals surface area contributed by atoms with E-state index < -0.39 is 5.79 Å². The van der Waals surface area contributed by atoms with E-state index in [2.05, 4.69) is 21.2 Å². The standard InChI is InChI=1S/C16H15BrClNO2/c1-16(2)20-14-6-4-11(8-15(14)21-16)19-9-10-3-5-12(17)13(18)7-10/h3-8,19H,9H2,1-2H3. The molecule has 1 aliphatic heterocycles. The minimum Gasteiger partial charge on any atom is -0.449 e. The number of hydrogen-bond donors (Lipinski definition) is 1. The first-order valence-corrected chi connectivity index (χ1v) is 7.80. The van der Waals surface area contributed by atoms with Crippen LogP contribution in [0.15, 0.2) is 40.9 Å². The SMILES string of the molecule is CC1(C)Oc2ccc(NCc3ccc(Br)c(Cl)c3)cc2O1. The van der Waals surface area contributed by atoms with Crippen molar-refractivity contribution >= 4 is 33.2 Å². The van der Waals surface area contributed by atoms with Crippen LogP contribution < -0.4 is 14.8 Å². The zero-order chi connectivity index (χ0) is 15.0. The summed E-state index contributed by atoms with van der Waals surface area (Å²) < 4.78 is 12.3. The molecule has 110 valence electrons. The van der Waals surface area contributed by atoms with Crippen LogP contribution in [0.3, 0.4) is 0 Å². The van der Waals surface area contributed by atoms with Crippen molar-refractivity contribution in [3.63, 3.8) is 0 Å². The van der Waals surface area contributed by atoms with Crippen molar-refractivity contribution in [3.8, 4) is 11.5 Å². The Bertz CT molecular complexity index is 688. The first kappa shape index (κ1) is 14.5. The minimum absolute atomic E-state index is 0.597. The van der Waals surface area contributed by atoms with Crippen LogP contribution in [-0.2, 0) is 6.54 Å². The normalized spacial score (nSPS) is 15.0. The maximum absolute atomic E-state index is 6.09. The summed E-state index contributed by atoms with van der Waals surface area (Å²) in [6.45, 7) is 4.48. The Morgan fingerprint density at radius 1 is 1.10 bits per heavy atom. The Morgan fingerprint density at radius 2 is 1.86 bits per heavy atom. The molecule has 0 saturated carbocycles. The van der Waals surface area contributed by atoms with E-state index in [-0.39, 0.29) is 0 Å². The van der Waals surface area contributed by atoms with E-state index in [9.17, 15) is 0 Å². The van der Waals surface area contributed by atoms with Crippen LogP contribution in [0.5, 0.6) is 11.5 Å². The third-order valence-corrected chi connectivity index (χ3v) is 4.37. The molecule has 0 amide bonds. The molecule has 0 fully saturated rings. The number of rotatable bonds is 3. The first-order valence-electron chi connectivity index (χ1n) is 6.63. The maximum atomic E-state index is 6.09. The first-order chi connectivity index (χ1) is 9.93. The largest absolute Gasteiger partial charge is 0.449 e. The molecule has 0 unspecified atom stereocenters. The molecule has 1 aliphatic rings. The van der Waals surface area contributed by atoms with E-state index in [1.165, 1.54) is 0 Å². The highest BCUT2D eigenvalue weighted by Crippen LogP contribution is 2.40. The van der Waals surface area contributed by atoms with Gasteiger partial charge in [0.25, 0.3) is 0 Å². The Morgan fingerprint density at radius 3 is 2.62 bits per heavy atom. The fourth-order valence-corrected chi connectivity index (χ4v) is 2.64. The number of benzene rings is 2. The average Bonchev–Trinajstić information content (AvgIpc) is 2.73. The Kier molecular flexibility index (Phi) is 3.76. The number of ether oxygens (including phenoxy) is 2. The lowest BCUT2D eigenvalue weighted by Crippen LogP contribution is -2.29. The molecule has 3 nitrogen and oxygen atoms in total. The van der Waals surface area contributed by atoms with E-state index in [1.54, 1.807) is 0 Å². The van der Waals surface area contributed by atoms with E-state index in [1.807, 2.05) is 50.2 Å². The zero-order valence-electron chi connectivity index (χ0n) is 11.7. The van der Waals surface area contributed by atoms with Gasteiger partial charge in [-0.3, -0.25) is 0 Å². The zero-order valence-corrected chi connectivity index (χ0v) is 14.1. The number of nitrogens with one attached hydrogen (secondary N) is 1. The summed E-state index contributed by atoms with van der Waals surface area (Å²) in [5, 5.41) is 4.07. The summed E-state index contributed by atoms with van der Waals surface area (Å²) in [5.41, 5.74) is 2.09. The lowest BCUT2D eigenvalue weighted by molar-refractivity contribution is -0.0431. The second kappa shape index (κ2) is 5.43. The third kappa shape index (κ3) is 3.27. The van der Waals surface area contributed by atoms with Crippen LogP contribution in [0.2, 0.25) is 5.02 Å². The van der Waals surface area contributed by atoms with E-state index in [0.717, 1.165) is 27.2 Å². The van der Waals surface area contributed by atoms with Crippen molar-refractivity contribution in [2.24, 2.45) is 0 Å². The molecule has 0 bridgehead atoms. The van der Waals surface area contributed by atoms with Crippen LogP contribution in [0.25, 0.3) is 0 Å². The maximum Gasteiger partial charge on any atom is 0.246 e. The van der Waals surface area contributed by atoms with E-state index in [0.29, 0.717) is 11.6 Å². The Hall–Kier alpha value is -1.39. The molecule has 0 aliphatic carbocycles. The van der Waals surface area contributed by atoms with Gasteiger partial charge in [-0.25, -0.2) is 0 Å². The van der Waals surface area contributed by atoms with Gasteiger partial charge < -0.3 is 14.8 Å². The second-order valence-corrected chi connectivity index (χ2v) is 6.63. The molecule has 5 heteroatoms. The highest BCUT2D eigenvalue weighted by atomic mass is 79.9. The molecule has 1 heterocycles. The minimum atomic E-state index is -0.597. The number of anilines is 1. The Balaban J connectivity index is 1.71. The van der Waals surface area contributed by atoms with Gasteiger partial charge >= 0.3 is 0 Å². The van der Waals surface area contributed by atoms with E-state index >= 15 is 0 Å². The summed E-state index contributed by atoms with van der Waals surface area (Å²) in [7, 11) is 0. The molecule has 0 radical (unpaired) electrons. The molecule has 0 saturated heterocycles. The molecular weight excluding hydrogens is 354 g/mol. The lowest BCUT2D eigenvalue weighted by Gasteiger charge is -2.16. The van der Waals surface area contributed by atoms with Crippen molar-refractivity contribution in [3.05, 3.63) is 51.5 Å². The quantitative estimate of drug-likeness (QED) is 0.805. The van der Waals surface area contributed by atoms with Gasteiger partial charge in [0.2, 0.25) is 5.79 Å². The molecule has 2 aromatic rings. The van der Waals surface area contributed by atoms with Crippen molar-refractivity contribution < 1.29 is 9.47 Å². The number of halogens is 2. The van der Waals surface area contributed by atoms with Gasteiger partial charge in [0.15, 0.2) is 11.5 Å². The summed E-state index contributed by atoms with van der Waals surface area (Å²) in [5.74, 6) is 0.941. The summed E-state index contributed by atoms with van der Waals surface area (Å²) in [6, 6.07) is 11.8. The summed E-state index contributed by atoms with van der Waals surface area (Å²) >= 11 is 9.48. The van der Waals surface area contributed by atoms with Gasteiger partial charge in [-0.2, -0.15) is 0 Å². The Labute approximate surface area is 137 Å². The number of fused-ring (bicyclic) bond motifs is 1. The highest BCUT2D eigenvalue weighted by molar-refractivity contribution is 9.10. The second-order valence-electron chi connectivity index (χ2n) is 5.37. The molecule has 0 atom stereocenters. The van der Waals surface area contributed by atoms with Gasteiger partial charge in [-0.1, -0.05) is 17.7 Å². The topological polar surface area (TPSA) is 30.5 Å². The molecule has 0 spiro atoms. The third-order valence-electron chi connectivity index (χ3n) is 3.14. The predicted molar refractivity (Wildman–Crippen MR) is 88.3 cm³/mol. The van der Waals surface area contributed by atoms with Gasteiger partial charge in [-0.05, 0) is 45.8 Å². The van der Waals surface area contributed by atoms with Gasteiger partial charge in [0.1, 0.15) is 0 Å². The van der Waals surface area contributed by atoms with Gasteiger partial charge in [0, 0.05) is 36.6 Å². The molecule has 1 N–H and O–H groups in total. The van der Waals surface area contributed by atoms with Crippen LogP contribution in [-0.4, -0.2) is 5.79 Å².